The second-order valence-corrected chi connectivity index (χ2v) is 14.1. The van der Waals surface area contributed by atoms with Crippen LogP contribution < -0.4 is 0 Å². The fourth-order valence-electron chi connectivity index (χ4n) is 7.54. The van der Waals surface area contributed by atoms with Gasteiger partial charge in [0.25, 0.3) is 0 Å². The summed E-state index contributed by atoms with van der Waals surface area (Å²) in [5.41, 5.74) is 11.1. The Morgan fingerprint density at radius 2 is 0.864 bits per heavy atom. The highest BCUT2D eigenvalue weighted by atomic mass is 14.3. The van der Waals surface area contributed by atoms with E-state index in [2.05, 4.69) is 152 Å². The molecule has 0 N–H and O–H groups in total. The maximum atomic E-state index is 2.52. The summed E-state index contributed by atoms with van der Waals surface area (Å²) in [5.74, 6) is 1.72. The molecule has 0 bridgehead atoms. The number of hydrogen-bond donors (Lipinski definition) is 0. The van der Waals surface area contributed by atoms with Crippen LogP contribution in [0.15, 0.2) is 97.1 Å². The molecule has 0 aliphatic rings. The Labute approximate surface area is 263 Å². The Morgan fingerprint density at radius 3 is 1.43 bits per heavy atom. The van der Waals surface area contributed by atoms with E-state index in [9.17, 15) is 0 Å². The normalized spacial score (nSPS) is 12.5. The summed E-state index contributed by atoms with van der Waals surface area (Å²) in [6.45, 7) is 18.6. The third-order valence-electron chi connectivity index (χ3n) is 9.92. The van der Waals surface area contributed by atoms with Crippen LogP contribution in [0.2, 0.25) is 0 Å². The molecule has 7 rings (SSSR count). The topological polar surface area (TPSA) is 0 Å². The van der Waals surface area contributed by atoms with Gasteiger partial charge in [-0.25, -0.2) is 0 Å². The molecule has 0 amide bonds. The molecule has 0 aliphatic heterocycles. The second kappa shape index (κ2) is 10.8. The Kier molecular flexibility index (Phi) is 7.00. The van der Waals surface area contributed by atoms with Gasteiger partial charge in [-0.3, -0.25) is 0 Å². The lowest BCUT2D eigenvalue weighted by molar-refractivity contribution is 0.845. The van der Waals surface area contributed by atoms with Gasteiger partial charge in [0.1, 0.15) is 0 Å². The molecule has 0 fully saturated rings. The molecular weight excluding hydrogens is 528 g/mol. The molecule has 0 spiro atoms. The molecule has 0 atom stereocenters. The molecule has 44 heavy (non-hydrogen) atoms. The molecule has 0 heteroatoms. The maximum Gasteiger partial charge on any atom is -0.000775 e. The summed E-state index contributed by atoms with van der Waals surface area (Å²) in [5, 5.41) is 10.8. The predicted molar refractivity (Wildman–Crippen MR) is 195 cm³/mol. The molecule has 0 nitrogen and oxygen atoms in total. The monoisotopic (exact) mass is 572 g/mol. The van der Waals surface area contributed by atoms with Crippen LogP contribution in [0, 0.1) is 0 Å². The van der Waals surface area contributed by atoms with E-state index in [1.165, 1.54) is 87.6 Å². The third kappa shape index (κ3) is 4.42. The highest BCUT2D eigenvalue weighted by molar-refractivity contribution is 6.36. The summed E-state index contributed by atoms with van der Waals surface area (Å²) in [6.07, 6.45) is 0. The molecule has 7 aromatic rings. The van der Waals surface area contributed by atoms with Gasteiger partial charge in [-0.15, -0.1) is 0 Å². The van der Waals surface area contributed by atoms with Crippen molar-refractivity contribution < 1.29 is 0 Å². The van der Waals surface area contributed by atoms with Crippen molar-refractivity contribution in [2.24, 2.45) is 0 Å². The predicted octanol–water partition coefficient (Wildman–Crippen LogP) is 13.6. The van der Waals surface area contributed by atoms with Crippen LogP contribution in [0.4, 0.5) is 0 Å². The van der Waals surface area contributed by atoms with Crippen LogP contribution in [0.5, 0.6) is 0 Å². The van der Waals surface area contributed by atoms with Gasteiger partial charge < -0.3 is 0 Å². The zero-order chi connectivity index (χ0) is 30.9. The molecule has 7 aromatic carbocycles. The number of rotatable bonds is 6. The quantitative estimate of drug-likeness (QED) is 0.137. The molecule has 0 aliphatic carbocycles. The SMILES string of the molecule is CC(C)c1ccc(C(C)C)c(-c2cc3cccc4c5cccc6cccc(c(c2-c2cc(C(C)C)ccc2C(C)C)c34)c65)c1. The average Bonchev–Trinajstić information content (AvgIpc) is 3.02. The van der Waals surface area contributed by atoms with Crippen LogP contribution in [-0.2, 0) is 0 Å². The summed E-state index contributed by atoms with van der Waals surface area (Å²) in [7, 11) is 0. The van der Waals surface area contributed by atoms with Crippen LogP contribution in [0.25, 0.3) is 65.3 Å². The lowest BCUT2D eigenvalue weighted by Gasteiger charge is -2.26. The van der Waals surface area contributed by atoms with E-state index in [4.69, 9.17) is 0 Å². The summed E-state index contributed by atoms with van der Waals surface area (Å²) >= 11 is 0. The first-order chi connectivity index (χ1) is 21.2. The Morgan fingerprint density at radius 1 is 0.364 bits per heavy atom. The third-order valence-corrected chi connectivity index (χ3v) is 9.92. The fraction of sp³-hybridized carbons (Fsp3) is 0.273. The highest BCUT2D eigenvalue weighted by Gasteiger charge is 2.25. The second-order valence-electron chi connectivity index (χ2n) is 14.1. The molecule has 220 valence electrons. The van der Waals surface area contributed by atoms with Crippen molar-refractivity contribution in [3.63, 3.8) is 0 Å². The summed E-state index contributed by atoms with van der Waals surface area (Å²) < 4.78 is 0. The minimum atomic E-state index is 0.399. The molecular formula is C44H44. The summed E-state index contributed by atoms with van der Waals surface area (Å²) in [6, 6.07) is 37.7. The van der Waals surface area contributed by atoms with Crippen molar-refractivity contribution in [3.8, 4) is 22.3 Å². The Hall–Kier alpha value is -4.16. The zero-order valence-electron chi connectivity index (χ0n) is 27.5. The fourth-order valence-corrected chi connectivity index (χ4v) is 7.54. The maximum absolute atomic E-state index is 2.52. The number of hydrogen-bond acceptors (Lipinski definition) is 0. The van der Waals surface area contributed by atoms with Gasteiger partial charge in [-0.2, -0.15) is 0 Å². The van der Waals surface area contributed by atoms with Crippen molar-refractivity contribution in [2.45, 2.75) is 79.1 Å². The smallest absolute Gasteiger partial charge is 0.000775 e. The Bertz CT molecular complexity index is 2160. The zero-order valence-corrected chi connectivity index (χ0v) is 27.5. The summed E-state index contributed by atoms with van der Waals surface area (Å²) in [4.78, 5) is 0. The van der Waals surface area contributed by atoms with E-state index in [1.54, 1.807) is 0 Å². The first-order valence-electron chi connectivity index (χ1n) is 16.6. The van der Waals surface area contributed by atoms with Gasteiger partial charge in [-0.05, 0) is 117 Å². The van der Waals surface area contributed by atoms with Crippen LogP contribution in [0.1, 0.15) is 101 Å². The number of benzene rings is 7. The minimum absolute atomic E-state index is 0.399. The molecule has 0 radical (unpaired) electrons. The van der Waals surface area contributed by atoms with E-state index in [1.807, 2.05) is 0 Å². The van der Waals surface area contributed by atoms with E-state index in [0.717, 1.165) is 0 Å². The van der Waals surface area contributed by atoms with Crippen molar-refractivity contribution in [1.29, 1.82) is 0 Å². The van der Waals surface area contributed by atoms with Crippen molar-refractivity contribution in [3.05, 3.63) is 119 Å². The molecule has 0 saturated carbocycles. The molecule has 0 aromatic heterocycles. The van der Waals surface area contributed by atoms with Crippen molar-refractivity contribution >= 4 is 43.1 Å². The van der Waals surface area contributed by atoms with Gasteiger partial charge in [0, 0.05) is 0 Å². The Balaban J connectivity index is 1.80. The van der Waals surface area contributed by atoms with Crippen LogP contribution >= 0.6 is 0 Å². The average molecular weight is 573 g/mol. The van der Waals surface area contributed by atoms with Crippen LogP contribution in [-0.4, -0.2) is 0 Å². The van der Waals surface area contributed by atoms with E-state index in [0.29, 0.717) is 23.7 Å². The lowest BCUT2D eigenvalue weighted by atomic mass is 9.78. The van der Waals surface area contributed by atoms with E-state index in [-0.39, 0.29) is 0 Å². The van der Waals surface area contributed by atoms with Gasteiger partial charge in [0.05, 0.1) is 0 Å². The van der Waals surface area contributed by atoms with Gasteiger partial charge in [0.2, 0.25) is 0 Å². The first-order valence-corrected chi connectivity index (χ1v) is 16.6. The first kappa shape index (κ1) is 28.6. The van der Waals surface area contributed by atoms with E-state index >= 15 is 0 Å². The molecule has 0 heterocycles. The van der Waals surface area contributed by atoms with Gasteiger partial charge >= 0.3 is 0 Å². The van der Waals surface area contributed by atoms with Gasteiger partial charge in [0.15, 0.2) is 0 Å². The minimum Gasteiger partial charge on any atom is -0.0610 e. The molecule has 0 saturated heterocycles. The number of fused-ring (bicyclic) bond motifs is 2. The lowest BCUT2D eigenvalue weighted by Crippen LogP contribution is -2.02. The van der Waals surface area contributed by atoms with E-state index < -0.39 is 0 Å². The van der Waals surface area contributed by atoms with Gasteiger partial charge in [-0.1, -0.05) is 146 Å². The molecule has 0 unspecified atom stereocenters. The van der Waals surface area contributed by atoms with Crippen molar-refractivity contribution in [2.75, 3.05) is 0 Å². The largest absolute Gasteiger partial charge is 0.0610 e. The standard InChI is InChI=1S/C44H44/c1-25(2)30-18-20-33(27(5)6)38(22-30)40-24-32-14-11-16-36-35-15-9-12-29-13-10-17-37(41(29)35)44(42(32)36)43(40)39-23-31(26(3)4)19-21-34(39)28(7)8/h9-28H,1-8H3. The highest BCUT2D eigenvalue weighted by Crippen LogP contribution is 2.51. The van der Waals surface area contributed by atoms with Crippen molar-refractivity contribution in [1.82, 2.24) is 0 Å². The van der Waals surface area contributed by atoms with Crippen LogP contribution in [0.3, 0.4) is 0 Å².